The molecule has 0 aliphatic carbocycles. The molecule has 1 aliphatic rings. The molecule has 1 atom stereocenters. The molecule has 2 rings (SSSR count). The molecule has 1 saturated heterocycles. The van der Waals surface area contributed by atoms with Crippen molar-refractivity contribution in [2.75, 3.05) is 19.3 Å². The highest BCUT2D eigenvalue weighted by Gasteiger charge is 2.58. The van der Waals surface area contributed by atoms with E-state index in [1.807, 2.05) is 18.9 Å². The lowest BCUT2D eigenvalue weighted by atomic mass is 9.88. The number of hydrogen-bond acceptors (Lipinski definition) is 3. The summed E-state index contributed by atoms with van der Waals surface area (Å²) in [4.78, 5) is 17.6. The Morgan fingerprint density at radius 3 is 2.62 bits per heavy atom. The van der Waals surface area contributed by atoms with Crippen LogP contribution in [-0.4, -0.2) is 43.0 Å². The molecule has 24 heavy (non-hydrogen) atoms. The van der Waals surface area contributed by atoms with Crippen molar-refractivity contribution in [1.82, 2.24) is 4.90 Å². The second kappa shape index (κ2) is 7.17. The first-order chi connectivity index (χ1) is 11.2. The van der Waals surface area contributed by atoms with Gasteiger partial charge in [-0.1, -0.05) is 6.07 Å². The number of benzene rings is 1. The van der Waals surface area contributed by atoms with Crippen molar-refractivity contribution in [3.8, 4) is 0 Å². The maximum Gasteiger partial charge on any atom is 0.407 e. The third-order valence-electron chi connectivity index (χ3n) is 4.30. The van der Waals surface area contributed by atoms with Gasteiger partial charge in [-0.15, -0.1) is 11.8 Å². The lowest BCUT2D eigenvalue weighted by Gasteiger charge is -2.32. The molecule has 1 aliphatic heterocycles. The number of rotatable bonds is 5. The summed E-state index contributed by atoms with van der Waals surface area (Å²) in [6.07, 6.45) is -1.79. The molecule has 1 aromatic rings. The molecule has 0 aromatic heterocycles. The predicted molar refractivity (Wildman–Crippen MR) is 92.4 cm³/mol. The minimum absolute atomic E-state index is 0.00261. The maximum absolute atomic E-state index is 13.8. The molecule has 1 aromatic carbocycles. The molecule has 0 radical (unpaired) electrons. The van der Waals surface area contributed by atoms with E-state index < -0.39 is 10.9 Å². The summed E-state index contributed by atoms with van der Waals surface area (Å²) >= 11 is 0.885. The molecule has 0 amide bonds. The molecule has 0 saturated carbocycles. The summed E-state index contributed by atoms with van der Waals surface area (Å²) in [5.41, 5.74) is 1.28. The van der Waals surface area contributed by atoms with E-state index in [1.165, 1.54) is 12.1 Å². The monoisotopic (exact) mass is 358 g/mol. The highest BCUT2D eigenvalue weighted by molar-refractivity contribution is 8.00. The van der Waals surface area contributed by atoms with Gasteiger partial charge in [0, 0.05) is 19.2 Å². The normalized spacial score (nSPS) is 21.4. The quantitative estimate of drug-likeness (QED) is 0.434. The second-order valence-corrected chi connectivity index (χ2v) is 7.33. The van der Waals surface area contributed by atoms with Gasteiger partial charge >= 0.3 is 6.18 Å². The van der Waals surface area contributed by atoms with Crippen LogP contribution < -0.4 is 0 Å². The van der Waals surface area contributed by atoms with Crippen LogP contribution in [0.3, 0.4) is 0 Å². The summed E-state index contributed by atoms with van der Waals surface area (Å²) < 4.78 is 39.3. The number of carbonyl (C=O) groups is 1. The number of hydrogen-bond donors (Lipinski definition) is 0. The average Bonchev–Trinajstić information content (AvgIpc) is 3.03. The van der Waals surface area contributed by atoms with E-state index in [-0.39, 0.29) is 17.5 Å². The SMILES string of the molecule is CCN(C)C=Nc1cc(C=O)c(C2(C(F)(F)F)CCCS2)cc1C. The molecule has 7 heteroatoms. The fourth-order valence-electron chi connectivity index (χ4n) is 2.77. The zero-order valence-electron chi connectivity index (χ0n) is 14.0. The maximum atomic E-state index is 13.8. The summed E-state index contributed by atoms with van der Waals surface area (Å²) in [5, 5.41) is 0. The van der Waals surface area contributed by atoms with E-state index in [2.05, 4.69) is 4.99 Å². The average molecular weight is 358 g/mol. The minimum atomic E-state index is -4.40. The Balaban J connectivity index is 2.54. The molecule has 3 nitrogen and oxygen atoms in total. The molecule has 0 bridgehead atoms. The van der Waals surface area contributed by atoms with Gasteiger partial charge in [0.25, 0.3) is 0 Å². The van der Waals surface area contributed by atoms with Crippen LogP contribution >= 0.6 is 11.8 Å². The van der Waals surface area contributed by atoms with Gasteiger partial charge in [0.15, 0.2) is 0 Å². The highest BCUT2D eigenvalue weighted by atomic mass is 32.2. The Hall–Kier alpha value is -1.50. The van der Waals surface area contributed by atoms with Crippen molar-refractivity contribution in [2.24, 2.45) is 4.99 Å². The lowest BCUT2D eigenvalue weighted by molar-refractivity contribution is -0.162. The third kappa shape index (κ3) is 3.45. The molecule has 1 fully saturated rings. The number of carbonyl (C=O) groups excluding carboxylic acids is 1. The first kappa shape index (κ1) is 18.8. The van der Waals surface area contributed by atoms with Crippen molar-refractivity contribution in [3.63, 3.8) is 0 Å². The Morgan fingerprint density at radius 2 is 2.12 bits per heavy atom. The minimum Gasteiger partial charge on any atom is -0.366 e. The summed E-state index contributed by atoms with van der Waals surface area (Å²) in [6.45, 7) is 4.44. The number of aryl methyl sites for hydroxylation is 1. The van der Waals surface area contributed by atoms with Gasteiger partial charge in [0.05, 0.1) is 12.0 Å². The van der Waals surface area contributed by atoms with Crippen molar-refractivity contribution >= 4 is 30.1 Å². The van der Waals surface area contributed by atoms with Crippen LogP contribution in [0.5, 0.6) is 0 Å². The molecule has 132 valence electrons. The van der Waals surface area contributed by atoms with Crippen LogP contribution in [0.2, 0.25) is 0 Å². The molecular weight excluding hydrogens is 337 g/mol. The van der Waals surface area contributed by atoms with Gasteiger partial charge < -0.3 is 4.90 Å². The summed E-state index contributed by atoms with van der Waals surface area (Å²) in [6, 6.07) is 2.94. The molecule has 1 unspecified atom stereocenters. The van der Waals surface area contributed by atoms with Crippen molar-refractivity contribution < 1.29 is 18.0 Å². The zero-order valence-corrected chi connectivity index (χ0v) is 14.8. The standard InChI is InChI=1S/C17H21F3N2OS/c1-4-22(3)11-21-15-9-13(10-23)14(8-12(15)2)16(17(18,19)20)6-5-7-24-16/h8-11H,4-7H2,1-3H3. The van der Waals surface area contributed by atoms with E-state index in [1.54, 1.807) is 13.3 Å². The molecule has 1 heterocycles. The Kier molecular flexibility index (Phi) is 5.63. The van der Waals surface area contributed by atoms with E-state index in [0.29, 0.717) is 29.7 Å². The van der Waals surface area contributed by atoms with Gasteiger partial charge in [0.1, 0.15) is 11.0 Å². The van der Waals surface area contributed by atoms with E-state index >= 15 is 0 Å². The van der Waals surface area contributed by atoms with Gasteiger partial charge in [-0.25, -0.2) is 4.99 Å². The number of alkyl halides is 3. The fraction of sp³-hybridized carbons (Fsp3) is 0.529. The second-order valence-electron chi connectivity index (χ2n) is 5.94. The number of nitrogens with zero attached hydrogens (tertiary/aromatic N) is 2. The van der Waals surface area contributed by atoms with Gasteiger partial charge in [-0.05, 0) is 49.6 Å². The Labute approximate surface area is 144 Å². The smallest absolute Gasteiger partial charge is 0.366 e. The first-order valence-electron chi connectivity index (χ1n) is 7.80. The number of thioether (sulfide) groups is 1. The lowest BCUT2D eigenvalue weighted by Crippen LogP contribution is -2.38. The van der Waals surface area contributed by atoms with Crippen LogP contribution in [0, 0.1) is 6.92 Å². The molecular formula is C17H21F3N2OS. The largest absolute Gasteiger partial charge is 0.407 e. The van der Waals surface area contributed by atoms with Gasteiger partial charge in [-0.2, -0.15) is 13.2 Å². The van der Waals surface area contributed by atoms with Crippen LogP contribution in [0.15, 0.2) is 17.1 Å². The fourth-order valence-corrected chi connectivity index (χ4v) is 4.19. The highest BCUT2D eigenvalue weighted by Crippen LogP contribution is 2.57. The number of aliphatic imine (C=N–C) groups is 1. The summed E-state index contributed by atoms with van der Waals surface area (Å²) in [5.74, 6) is 0.443. The van der Waals surface area contributed by atoms with Gasteiger partial charge in [0.2, 0.25) is 0 Å². The van der Waals surface area contributed by atoms with E-state index in [9.17, 15) is 18.0 Å². The topological polar surface area (TPSA) is 32.7 Å². The Bertz CT molecular complexity index is 637. The predicted octanol–water partition coefficient (Wildman–Crippen LogP) is 4.70. The van der Waals surface area contributed by atoms with E-state index in [0.717, 1.165) is 18.3 Å². The third-order valence-corrected chi connectivity index (χ3v) is 5.94. The zero-order chi connectivity index (χ0) is 18.0. The molecule has 0 spiro atoms. The van der Waals surface area contributed by atoms with Crippen LogP contribution in [0.25, 0.3) is 0 Å². The molecule has 0 N–H and O–H groups in total. The first-order valence-corrected chi connectivity index (χ1v) is 8.79. The number of halogens is 3. The van der Waals surface area contributed by atoms with Crippen molar-refractivity contribution in [1.29, 1.82) is 0 Å². The van der Waals surface area contributed by atoms with Crippen LogP contribution in [-0.2, 0) is 4.75 Å². The van der Waals surface area contributed by atoms with E-state index in [4.69, 9.17) is 0 Å². The van der Waals surface area contributed by atoms with Crippen LogP contribution in [0.1, 0.15) is 41.3 Å². The number of aldehydes is 1. The van der Waals surface area contributed by atoms with Gasteiger partial charge in [-0.3, -0.25) is 4.79 Å². The Morgan fingerprint density at radius 1 is 1.42 bits per heavy atom. The van der Waals surface area contributed by atoms with Crippen LogP contribution in [0.4, 0.5) is 18.9 Å². The summed E-state index contributed by atoms with van der Waals surface area (Å²) in [7, 11) is 1.85. The van der Waals surface area contributed by atoms with Crippen molar-refractivity contribution in [3.05, 3.63) is 28.8 Å². The van der Waals surface area contributed by atoms with Crippen molar-refractivity contribution in [2.45, 2.75) is 37.6 Å².